The molecule has 0 radical (unpaired) electrons. The molecule has 6 heteroatoms. The summed E-state index contributed by atoms with van der Waals surface area (Å²) < 4.78 is 5.49. The van der Waals surface area contributed by atoms with Gasteiger partial charge in [-0.1, -0.05) is 6.58 Å². The van der Waals surface area contributed by atoms with Crippen molar-refractivity contribution in [2.75, 3.05) is 11.9 Å². The topological polar surface area (TPSA) is 81.5 Å². The largest absolute Gasteiger partial charge is 0.489 e. The Kier molecular flexibility index (Phi) is 6.06. The van der Waals surface area contributed by atoms with E-state index in [1.165, 1.54) is 18.2 Å². The van der Waals surface area contributed by atoms with Crippen LogP contribution >= 0.6 is 0 Å². The Balaban J connectivity index is 1.90. The van der Waals surface area contributed by atoms with Crippen LogP contribution < -0.4 is 10.1 Å². The van der Waals surface area contributed by atoms with E-state index >= 15 is 0 Å². The zero-order valence-electron chi connectivity index (χ0n) is 13.8. The van der Waals surface area contributed by atoms with E-state index in [9.17, 15) is 14.9 Å². The summed E-state index contributed by atoms with van der Waals surface area (Å²) >= 11 is 0. The first-order chi connectivity index (χ1) is 11.9. The monoisotopic (exact) mass is 338 g/mol. The smallest absolute Gasteiger partial charge is 0.269 e. The summed E-state index contributed by atoms with van der Waals surface area (Å²) in [6.07, 6.45) is 2.95. The fourth-order valence-corrected chi connectivity index (χ4v) is 1.90. The minimum Gasteiger partial charge on any atom is -0.489 e. The van der Waals surface area contributed by atoms with E-state index in [1.807, 2.05) is 6.92 Å². The molecule has 0 fully saturated rings. The lowest BCUT2D eigenvalue weighted by molar-refractivity contribution is -0.384. The molecule has 0 aromatic heterocycles. The second-order valence-corrected chi connectivity index (χ2v) is 5.44. The zero-order chi connectivity index (χ0) is 18.2. The van der Waals surface area contributed by atoms with E-state index in [4.69, 9.17) is 4.74 Å². The minimum absolute atomic E-state index is 0.00978. The molecule has 25 heavy (non-hydrogen) atoms. The van der Waals surface area contributed by atoms with Gasteiger partial charge in [0.25, 0.3) is 5.69 Å². The van der Waals surface area contributed by atoms with Gasteiger partial charge in [-0.15, -0.1) is 0 Å². The number of amides is 1. The predicted octanol–water partition coefficient (Wildman–Crippen LogP) is 4.20. The summed E-state index contributed by atoms with van der Waals surface area (Å²) in [5, 5.41) is 13.3. The van der Waals surface area contributed by atoms with Gasteiger partial charge in [-0.05, 0) is 60.5 Å². The maximum Gasteiger partial charge on any atom is 0.269 e. The number of carbonyl (C=O) groups is 1. The first-order valence-electron chi connectivity index (χ1n) is 7.55. The average molecular weight is 338 g/mol. The van der Waals surface area contributed by atoms with Crippen molar-refractivity contribution in [3.8, 4) is 5.75 Å². The Hall–Kier alpha value is -3.41. The molecule has 6 nitrogen and oxygen atoms in total. The van der Waals surface area contributed by atoms with Gasteiger partial charge < -0.3 is 10.1 Å². The molecule has 2 aromatic rings. The SMILES string of the molecule is C=C(C)COc1ccc(NC(=O)/C=C/c2ccc([N+](=O)[O-])cc2)cc1. The number of hydrogen-bond acceptors (Lipinski definition) is 4. The molecule has 0 aliphatic heterocycles. The minimum atomic E-state index is -0.468. The third-order valence-electron chi connectivity index (χ3n) is 3.14. The lowest BCUT2D eigenvalue weighted by atomic mass is 10.2. The fraction of sp³-hybridized carbons (Fsp3) is 0.105. The summed E-state index contributed by atoms with van der Waals surface area (Å²) in [6, 6.07) is 12.9. The van der Waals surface area contributed by atoms with Gasteiger partial charge >= 0.3 is 0 Å². The third kappa shape index (κ3) is 5.95. The van der Waals surface area contributed by atoms with Crippen LogP contribution in [0.1, 0.15) is 12.5 Å². The van der Waals surface area contributed by atoms with Gasteiger partial charge in [0.15, 0.2) is 0 Å². The van der Waals surface area contributed by atoms with Crippen molar-refractivity contribution in [1.29, 1.82) is 0 Å². The summed E-state index contributed by atoms with van der Waals surface area (Å²) in [7, 11) is 0. The molecule has 1 N–H and O–H groups in total. The van der Waals surface area contributed by atoms with Crippen LogP contribution in [0.5, 0.6) is 5.75 Å². The second kappa shape index (κ2) is 8.44. The maximum absolute atomic E-state index is 11.9. The highest BCUT2D eigenvalue weighted by Gasteiger charge is 2.03. The lowest BCUT2D eigenvalue weighted by Gasteiger charge is -2.07. The molecule has 0 spiro atoms. The van der Waals surface area contributed by atoms with Crippen LogP contribution in [0.2, 0.25) is 0 Å². The lowest BCUT2D eigenvalue weighted by Crippen LogP contribution is -2.07. The van der Waals surface area contributed by atoms with Crippen LogP contribution in [0.25, 0.3) is 6.08 Å². The van der Waals surface area contributed by atoms with E-state index in [2.05, 4.69) is 11.9 Å². The highest BCUT2D eigenvalue weighted by atomic mass is 16.6. The van der Waals surface area contributed by atoms with Crippen LogP contribution in [0.4, 0.5) is 11.4 Å². The van der Waals surface area contributed by atoms with Crippen LogP contribution in [0.15, 0.2) is 66.8 Å². The van der Waals surface area contributed by atoms with E-state index in [1.54, 1.807) is 42.5 Å². The fourth-order valence-electron chi connectivity index (χ4n) is 1.90. The molecule has 0 unspecified atom stereocenters. The summed E-state index contributed by atoms with van der Waals surface area (Å²) in [5.41, 5.74) is 2.27. The summed E-state index contributed by atoms with van der Waals surface area (Å²) in [4.78, 5) is 22.0. The first kappa shape index (κ1) is 17.9. The van der Waals surface area contributed by atoms with Gasteiger partial charge in [0, 0.05) is 23.9 Å². The highest BCUT2D eigenvalue weighted by Crippen LogP contribution is 2.17. The number of nitrogens with zero attached hydrogens (tertiary/aromatic N) is 1. The van der Waals surface area contributed by atoms with Crippen molar-refractivity contribution < 1.29 is 14.5 Å². The molecular weight excluding hydrogens is 320 g/mol. The van der Waals surface area contributed by atoms with Gasteiger partial charge in [-0.3, -0.25) is 14.9 Å². The van der Waals surface area contributed by atoms with Crippen LogP contribution in [0.3, 0.4) is 0 Å². The molecule has 0 saturated carbocycles. The summed E-state index contributed by atoms with van der Waals surface area (Å²) in [6.45, 7) is 6.09. The molecule has 0 aliphatic carbocycles. The normalized spacial score (nSPS) is 10.4. The van der Waals surface area contributed by atoms with E-state index < -0.39 is 4.92 Å². The Morgan fingerprint density at radius 2 is 1.84 bits per heavy atom. The molecule has 0 bridgehead atoms. The van der Waals surface area contributed by atoms with Gasteiger partial charge in [0.1, 0.15) is 12.4 Å². The first-order valence-corrected chi connectivity index (χ1v) is 7.55. The molecule has 128 valence electrons. The number of rotatable bonds is 7. The molecule has 2 aromatic carbocycles. The number of hydrogen-bond donors (Lipinski definition) is 1. The van der Waals surface area contributed by atoms with Crippen LogP contribution in [-0.4, -0.2) is 17.4 Å². The number of carbonyl (C=O) groups excluding carboxylic acids is 1. The van der Waals surface area contributed by atoms with E-state index in [0.717, 1.165) is 5.57 Å². The Labute approximate surface area is 145 Å². The molecule has 1 amide bonds. The standard InChI is InChI=1S/C19H18N2O4/c1-14(2)13-25-18-10-6-16(7-11-18)20-19(22)12-5-15-3-8-17(9-4-15)21(23)24/h3-12H,1,13H2,2H3,(H,20,22)/b12-5+. The highest BCUT2D eigenvalue weighted by molar-refractivity contribution is 6.01. The Bertz CT molecular complexity index is 793. The van der Waals surface area contributed by atoms with Crippen molar-refractivity contribution in [1.82, 2.24) is 0 Å². The van der Waals surface area contributed by atoms with Gasteiger partial charge in [-0.25, -0.2) is 0 Å². The Morgan fingerprint density at radius 3 is 2.40 bits per heavy atom. The Morgan fingerprint density at radius 1 is 1.20 bits per heavy atom. The second-order valence-electron chi connectivity index (χ2n) is 5.44. The van der Waals surface area contributed by atoms with E-state index in [-0.39, 0.29) is 11.6 Å². The maximum atomic E-state index is 11.9. The van der Waals surface area contributed by atoms with Gasteiger partial charge in [0.05, 0.1) is 4.92 Å². The van der Waals surface area contributed by atoms with Crippen LogP contribution in [-0.2, 0) is 4.79 Å². The molecule has 2 rings (SSSR count). The van der Waals surface area contributed by atoms with Crippen molar-refractivity contribution >= 4 is 23.4 Å². The predicted molar refractivity (Wildman–Crippen MR) is 97.5 cm³/mol. The van der Waals surface area contributed by atoms with Crippen molar-refractivity contribution in [3.05, 3.63) is 82.4 Å². The number of benzene rings is 2. The number of nitrogens with one attached hydrogen (secondary N) is 1. The summed E-state index contributed by atoms with van der Waals surface area (Å²) in [5.74, 6) is 0.399. The van der Waals surface area contributed by atoms with Crippen molar-refractivity contribution in [2.24, 2.45) is 0 Å². The molecule has 0 saturated heterocycles. The molecule has 0 atom stereocenters. The quantitative estimate of drug-likeness (QED) is 0.355. The third-order valence-corrected chi connectivity index (χ3v) is 3.14. The van der Waals surface area contributed by atoms with E-state index in [0.29, 0.717) is 23.6 Å². The number of anilines is 1. The number of ether oxygens (including phenoxy) is 1. The molecule has 0 heterocycles. The average Bonchev–Trinajstić information content (AvgIpc) is 2.59. The number of nitro groups is 1. The van der Waals surface area contributed by atoms with Gasteiger partial charge in [-0.2, -0.15) is 0 Å². The van der Waals surface area contributed by atoms with Crippen molar-refractivity contribution in [2.45, 2.75) is 6.92 Å². The van der Waals surface area contributed by atoms with Crippen LogP contribution in [0, 0.1) is 10.1 Å². The molecular formula is C19H18N2O4. The zero-order valence-corrected chi connectivity index (χ0v) is 13.8. The number of nitro benzene ring substituents is 1. The molecule has 0 aliphatic rings. The van der Waals surface area contributed by atoms with Crippen molar-refractivity contribution in [3.63, 3.8) is 0 Å². The number of non-ortho nitro benzene ring substituents is 1. The van der Waals surface area contributed by atoms with Gasteiger partial charge in [0.2, 0.25) is 5.91 Å².